The first-order valence-electron chi connectivity index (χ1n) is 6.87. The van der Waals surface area contributed by atoms with E-state index >= 15 is 0 Å². The molecule has 0 amide bonds. The second-order valence-electron chi connectivity index (χ2n) is 5.12. The third kappa shape index (κ3) is 2.08. The van der Waals surface area contributed by atoms with Crippen LogP contribution in [0.2, 0.25) is 0 Å². The average Bonchev–Trinajstić information content (AvgIpc) is 2.90. The number of aromatic nitrogens is 3. The second kappa shape index (κ2) is 5.09. The van der Waals surface area contributed by atoms with Gasteiger partial charge in [-0.1, -0.05) is 25.1 Å². The van der Waals surface area contributed by atoms with Gasteiger partial charge in [-0.25, -0.2) is 0 Å². The van der Waals surface area contributed by atoms with Crippen LogP contribution >= 0.6 is 15.9 Å². The summed E-state index contributed by atoms with van der Waals surface area (Å²) in [5, 5.41) is 5.87. The van der Waals surface area contributed by atoms with E-state index < -0.39 is 0 Å². The summed E-state index contributed by atoms with van der Waals surface area (Å²) >= 11 is 3.70. The van der Waals surface area contributed by atoms with Crippen molar-refractivity contribution in [2.45, 2.75) is 26.8 Å². The lowest BCUT2D eigenvalue weighted by Gasteiger charge is -2.09. The molecule has 2 heterocycles. The van der Waals surface area contributed by atoms with Crippen molar-refractivity contribution >= 4 is 26.8 Å². The molecule has 0 aliphatic heterocycles. The van der Waals surface area contributed by atoms with Crippen LogP contribution in [0, 0.1) is 6.92 Å². The van der Waals surface area contributed by atoms with Gasteiger partial charge in [-0.05, 0) is 46.8 Å². The van der Waals surface area contributed by atoms with Crippen molar-refractivity contribution in [1.82, 2.24) is 14.3 Å². The molecule has 3 nitrogen and oxygen atoms in total. The Kier molecular flexibility index (Phi) is 3.42. The molecule has 0 bridgehead atoms. The number of aryl methyl sites for hydroxylation is 3. The molecule has 0 N–H and O–H groups in total. The van der Waals surface area contributed by atoms with Crippen LogP contribution in [0.3, 0.4) is 0 Å². The Morgan fingerprint density at radius 3 is 2.70 bits per heavy atom. The van der Waals surface area contributed by atoms with E-state index in [-0.39, 0.29) is 0 Å². The molecule has 0 atom stereocenters. The maximum atomic E-state index is 4.58. The summed E-state index contributed by atoms with van der Waals surface area (Å²) in [6, 6.07) is 10.7. The van der Waals surface area contributed by atoms with Crippen LogP contribution in [0.4, 0.5) is 0 Å². The predicted octanol–water partition coefficient (Wildman–Crippen LogP) is 4.06. The molecular weight excluding hydrogens is 314 g/mol. The van der Waals surface area contributed by atoms with Gasteiger partial charge < -0.3 is 4.57 Å². The van der Waals surface area contributed by atoms with E-state index in [1.54, 1.807) is 0 Å². The summed E-state index contributed by atoms with van der Waals surface area (Å²) in [5.74, 6) is 0. The fourth-order valence-corrected chi connectivity index (χ4v) is 3.44. The third-order valence-corrected chi connectivity index (χ3v) is 4.74. The summed E-state index contributed by atoms with van der Waals surface area (Å²) < 4.78 is 5.47. The Bertz CT molecular complexity index is 767. The smallest absolute Gasteiger partial charge is 0.0767 e. The molecule has 4 heteroatoms. The minimum atomic E-state index is 0.837. The average molecular weight is 332 g/mol. The highest BCUT2D eigenvalue weighted by atomic mass is 79.9. The summed E-state index contributed by atoms with van der Waals surface area (Å²) in [6.45, 7) is 5.13. The van der Waals surface area contributed by atoms with Crippen LogP contribution < -0.4 is 0 Å². The number of hydrogen-bond acceptors (Lipinski definition) is 1. The Hall–Kier alpha value is -1.55. The quantitative estimate of drug-likeness (QED) is 0.709. The van der Waals surface area contributed by atoms with E-state index in [2.05, 4.69) is 69.8 Å². The van der Waals surface area contributed by atoms with Crippen LogP contribution in [-0.2, 0) is 20.0 Å². The lowest BCUT2D eigenvalue weighted by Crippen LogP contribution is -2.07. The van der Waals surface area contributed by atoms with Crippen molar-refractivity contribution in [3.63, 3.8) is 0 Å². The van der Waals surface area contributed by atoms with Gasteiger partial charge in [0.2, 0.25) is 0 Å². The van der Waals surface area contributed by atoms with Crippen molar-refractivity contribution in [1.29, 1.82) is 0 Å². The first kappa shape index (κ1) is 13.4. The first-order valence-corrected chi connectivity index (χ1v) is 7.66. The normalized spacial score (nSPS) is 11.4. The molecule has 0 spiro atoms. The predicted molar refractivity (Wildman–Crippen MR) is 86.1 cm³/mol. The highest BCUT2D eigenvalue weighted by molar-refractivity contribution is 9.10. The van der Waals surface area contributed by atoms with Gasteiger partial charge in [-0.15, -0.1) is 0 Å². The van der Waals surface area contributed by atoms with Gasteiger partial charge in [0.15, 0.2) is 0 Å². The van der Waals surface area contributed by atoms with Gasteiger partial charge in [0.25, 0.3) is 0 Å². The van der Waals surface area contributed by atoms with E-state index in [0.29, 0.717) is 0 Å². The lowest BCUT2D eigenvalue weighted by molar-refractivity contribution is 0.662. The third-order valence-electron chi connectivity index (χ3n) is 3.83. The maximum Gasteiger partial charge on any atom is 0.0767 e. The molecule has 0 saturated carbocycles. The number of rotatable bonds is 3. The monoisotopic (exact) mass is 331 g/mol. The molecule has 0 fully saturated rings. The Balaban J connectivity index is 2.10. The summed E-state index contributed by atoms with van der Waals surface area (Å²) in [5.41, 5.74) is 4.89. The van der Waals surface area contributed by atoms with Gasteiger partial charge in [0, 0.05) is 18.3 Å². The van der Waals surface area contributed by atoms with Gasteiger partial charge in [0.1, 0.15) is 0 Å². The molecule has 20 heavy (non-hydrogen) atoms. The van der Waals surface area contributed by atoms with Crippen molar-refractivity contribution in [2.24, 2.45) is 7.05 Å². The lowest BCUT2D eigenvalue weighted by atomic mass is 10.2. The molecule has 0 aliphatic carbocycles. The van der Waals surface area contributed by atoms with Crippen LogP contribution in [0.1, 0.15) is 24.0 Å². The molecule has 3 rings (SSSR count). The summed E-state index contributed by atoms with van der Waals surface area (Å²) in [4.78, 5) is 0. The largest absolute Gasteiger partial charge is 0.339 e. The van der Waals surface area contributed by atoms with Gasteiger partial charge in [-0.3, -0.25) is 4.68 Å². The number of halogens is 1. The summed E-state index contributed by atoms with van der Waals surface area (Å²) in [7, 11) is 2.01. The van der Waals surface area contributed by atoms with Crippen LogP contribution in [0.5, 0.6) is 0 Å². The minimum Gasteiger partial charge on any atom is -0.339 e. The first-order chi connectivity index (χ1) is 9.61. The Morgan fingerprint density at radius 2 is 2.00 bits per heavy atom. The molecule has 1 aromatic carbocycles. The number of benzene rings is 1. The number of nitrogens with zero attached hydrogens (tertiary/aromatic N) is 3. The number of hydrogen-bond donors (Lipinski definition) is 0. The Labute approximate surface area is 127 Å². The highest BCUT2D eigenvalue weighted by Gasteiger charge is 2.14. The number of fused-ring (bicyclic) bond motifs is 1. The van der Waals surface area contributed by atoms with E-state index in [9.17, 15) is 0 Å². The zero-order valence-electron chi connectivity index (χ0n) is 12.0. The second-order valence-corrected chi connectivity index (χ2v) is 5.91. The SMILES string of the molecule is CCc1nn(C)c(Cn2c(C)cc3ccccc32)c1Br. The van der Waals surface area contributed by atoms with Crippen LogP contribution in [0.15, 0.2) is 34.8 Å². The van der Waals surface area contributed by atoms with Crippen molar-refractivity contribution in [2.75, 3.05) is 0 Å². The van der Waals surface area contributed by atoms with E-state index in [4.69, 9.17) is 0 Å². The van der Waals surface area contributed by atoms with Crippen molar-refractivity contribution < 1.29 is 0 Å². The minimum absolute atomic E-state index is 0.837. The summed E-state index contributed by atoms with van der Waals surface area (Å²) in [6.07, 6.45) is 0.944. The van der Waals surface area contributed by atoms with Crippen LogP contribution in [-0.4, -0.2) is 14.3 Å². The molecule has 0 saturated heterocycles. The highest BCUT2D eigenvalue weighted by Crippen LogP contribution is 2.26. The van der Waals surface area contributed by atoms with Gasteiger partial charge in [0.05, 0.1) is 22.4 Å². The maximum absolute atomic E-state index is 4.58. The van der Waals surface area contributed by atoms with E-state index in [1.165, 1.54) is 22.3 Å². The molecule has 3 aromatic rings. The molecule has 0 aliphatic rings. The zero-order valence-corrected chi connectivity index (χ0v) is 13.6. The Morgan fingerprint density at radius 1 is 1.25 bits per heavy atom. The van der Waals surface area contributed by atoms with Crippen LogP contribution in [0.25, 0.3) is 10.9 Å². The molecule has 0 unspecified atom stereocenters. The van der Waals surface area contributed by atoms with Gasteiger partial charge >= 0.3 is 0 Å². The fraction of sp³-hybridized carbons (Fsp3) is 0.312. The number of para-hydroxylation sites is 1. The molecular formula is C16H18BrN3. The standard InChI is InChI=1S/C16H18BrN3/c1-4-13-16(17)15(19(3)18-13)10-20-11(2)9-12-7-5-6-8-14(12)20/h5-9H,4,10H2,1-3H3. The molecule has 0 radical (unpaired) electrons. The molecule has 2 aromatic heterocycles. The fourth-order valence-electron chi connectivity index (χ4n) is 2.70. The van der Waals surface area contributed by atoms with E-state index in [0.717, 1.165) is 23.1 Å². The molecule has 104 valence electrons. The van der Waals surface area contributed by atoms with Gasteiger partial charge in [-0.2, -0.15) is 5.10 Å². The van der Waals surface area contributed by atoms with Crippen molar-refractivity contribution in [3.8, 4) is 0 Å². The zero-order chi connectivity index (χ0) is 14.3. The topological polar surface area (TPSA) is 22.8 Å². The van der Waals surface area contributed by atoms with E-state index in [1.807, 2.05) is 11.7 Å². The van der Waals surface area contributed by atoms with Crippen molar-refractivity contribution in [3.05, 3.63) is 51.9 Å².